The predicted molar refractivity (Wildman–Crippen MR) is 97.7 cm³/mol. The van der Waals surface area contributed by atoms with Crippen molar-refractivity contribution in [2.75, 3.05) is 11.9 Å². The lowest BCUT2D eigenvalue weighted by atomic mass is 9.95. The van der Waals surface area contributed by atoms with Gasteiger partial charge >= 0.3 is 0 Å². The lowest BCUT2D eigenvalue weighted by Crippen LogP contribution is -2.52. The minimum absolute atomic E-state index is 0.125. The fraction of sp³-hybridized carbons (Fsp3) is 0.412. The number of rotatable bonds is 9. The quantitative estimate of drug-likeness (QED) is 0.150. The molecule has 1 rings (SSSR count). The molecule has 10 N–H and O–H groups in total. The van der Waals surface area contributed by atoms with Gasteiger partial charge in [-0.25, -0.2) is 11.3 Å². The second kappa shape index (κ2) is 10.5. The van der Waals surface area contributed by atoms with E-state index in [0.29, 0.717) is 25.2 Å². The number of anilines is 1. The average Bonchev–Trinajstić information content (AvgIpc) is 2.60. The van der Waals surface area contributed by atoms with Crippen LogP contribution in [0.4, 0.5) is 5.69 Å². The normalized spacial score (nSPS) is 12.7. The maximum absolute atomic E-state index is 12.3. The molecule has 0 aliphatic rings. The molecule has 0 saturated heterocycles. The zero-order chi connectivity index (χ0) is 19.7. The monoisotopic (exact) mass is 365 g/mol. The van der Waals surface area contributed by atoms with Gasteiger partial charge in [-0.05, 0) is 30.0 Å². The predicted octanol–water partition coefficient (Wildman–Crippen LogP) is -0.489. The molecule has 0 bridgehead atoms. The Kier molecular flexibility index (Phi) is 8.73. The van der Waals surface area contributed by atoms with Crippen LogP contribution in [-0.2, 0) is 16.1 Å². The minimum Gasteiger partial charge on any atom is -0.326 e. The summed E-state index contributed by atoms with van der Waals surface area (Å²) in [6.45, 7) is 4.58. The first kappa shape index (κ1) is 21.6. The number of carbonyl (C=O) groups excluding carboxylic acids is 2. The van der Waals surface area contributed by atoms with Crippen molar-refractivity contribution in [3.05, 3.63) is 41.7 Å². The highest BCUT2D eigenvalue weighted by molar-refractivity contribution is 6.06. The molecule has 1 aromatic carbocycles. The lowest BCUT2D eigenvalue weighted by molar-refractivity contribution is -0.305. The Morgan fingerprint density at radius 1 is 1.27 bits per heavy atom. The van der Waals surface area contributed by atoms with E-state index >= 15 is 0 Å². The first-order valence-corrected chi connectivity index (χ1v) is 8.34. The number of carbonyl (C=O) groups is 2. The van der Waals surface area contributed by atoms with Crippen LogP contribution in [0.15, 0.2) is 36.2 Å². The Bertz CT molecular complexity index is 630. The van der Waals surface area contributed by atoms with E-state index in [2.05, 4.69) is 11.1 Å². The van der Waals surface area contributed by atoms with Gasteiger partial charge in [-0.3, -0.25) is 14.8 Å². The average molecular weight is 365 g/mol. The van der Waals surface area contributed by atoms with Gasteiger partial charge in [0.05, 0.1) is 19.3 Å². The second-order valence-corrected chi connectivity index (χ2v) is 6.51. The molecule has 1 atom stereocenters. The van der Waals surface area contributed by atoms with Crippen molar-refractivity contribution in [2.45, 2.75) is 26.8 Å². The Labute approximate surface area is 153 Å². The highest BCUT2D eigenvalue weighted by atomic mass is 16.5. The molecule has 0 aliphatic carbocycles. The summed E-state index contributed by atoms with van der Waals surface area (Å²) in [5, 5.41) is 13.0. The van der Waals surface area contributed by atoms with Gasteiger partial charge in [0.1, 0.15) is 11.6 Å². The number of benzene rings is 1. The van der Waals surface area contributed by atoms with Crippen LogP contribution in [0.3, 0.4) is 0 Å². The van der Waals surface area contributed by atoms with E-state index in [1.807, 2.05) is 26.0 Å². The van der Waals surface area contributed by atoms with Crippen LogP contribution in [0.1, 0.15) is 25.8 Å². The maximum atomic E-state index is 12.3. The molecule has 26 heavy (non-hydrogen) atoms. The van der Waals surface area contributed by atoms with Crippen LogP contribution < -0.4 is 28.1 Å². The van der Waals surface area contributed by atoms with Gasteiger partial charge in [0.25, 0.3) is 5.91 Å². The first-order valence-electron chi connectivity index (χ1n) is 8.34. The molecule has 0 fully saturated rings. The molecule has 0 radical (unpaired) electrons. The Hall–Kier alpha value is -2.46. The number of hydrogen-bond acceptors (Lipinski definition) is 6. The number of hydroxylamine groups is 1. The second-order valence-electron chi connectivity index (χ2n) is 6.51. The van der Waals surface area contributed by atoms with Crippen molar-refractivity contribution in [3.8, 4) is 0 Å². The van der Waals surface area contributed by atoms with E-state index in [1.165, 1.54) is 5.01 Å². The zero-order valence-electron chi connectivity index (χ0n) is 15.2. The smallest absolute Gasteiger partial charge is 0.255 e. The standard InChI is InChI=1S/C17H28N6O3/c1-11(2)7-15(17(25)22-26)16(24)21-14-5-3-12(4-6-14)9-23(20)10-13(19)8-18/h3-6,10-11,15,26H,7-9,18-20H2,1-2H3,(H,21,24)(H,22,25)/p+1/b13-10-. The number of nitrogens with one attached hydrogen (secondary N) is 2. The van der Waals surface area contributed by atoms with Crippen LogP contribution in [0, 0.1) is 11.8 Å². The summed E-state index contributed by atoms with van der Waals surface area (Å²) in [5.41, 5.74) is 13.0. The zero-order valence-corrected chi connectivity index (χ0v) is 15.2. The highest BCUT2D eigenvalue weighted by Crippen LogP contribution is 2.16. The van der Waals surface area contributed by atoms with Gasteiger partial charge in [0.2, 0.25) is 5.91 Å². The van der Waals surface area contributed by atoms with Crippen LogP contribution in [0.5, 0.6) is 0 Å². The van der Waals surface area contributed by atoms with Crippen molar-refractivity contribution < 1.29 is 20.5 Å². The third-order valence-corrected chi connectivity index (χ3v) is 3.65. The molecular weight excluding hydrogens is 336 g/mol. The van der Waals surface area contributed by atoms with Crippen molar-refractivity contribution in [1.29, 1.82) is 0 Å². The number of nitrogens with two attached hydrogens (primary N) is 2. The number of nitrogens with zero attached hydrogens (tertiary/aromatic N) is 1. The first-order chi connectivity index (χ1) is 12.3. The van der Waals surface area contributed by atoms with Gasteiger partial charge < -0.3 is 21.8 Å². The third-order valence-electron chi connectivity index (χ3n) is 3.65. The Morgan fingerprint density at radius 3 is 2.38 bits per heavy atom. The Balaban J connectivity index is 2.73. The number of quaternary nitrogens is 1. The SMILES string of the molecule is CC(C)CC(C(=O)NO)C(=O)Nc1ccc(CN(N)/C=C(\[NH3+])CN)cc1. The topological polar surface area (TPSA) is 161 Å². The molecule has 9 nitrogen and oxygen atoms in total. The van der Waals surface area contributed by atoms with Gasteiger partial charge in [0.15, 0.2) is 0 Å². The van der Waals surface area contributed by atoms with Crippen molar-refractivity contribution in [1.82, 2.24) is 10.5 Å². The largest absolute Gasteiger partial charge is 0.326 e. The van der Waals surface area contributed by atoms with Crippen LogP contribution in [0.25, 0.3) is 0 Å². The van der Waals surface area contributed by atoms with Crippen LogP contribution >= 0.6 is 0 Å². The molecule has 144 valence electrons. The van der Waals surface area contributed by atoms with E-state index in [9.17, 15) is 9.59 Å². The van der Waals surface area contributed by atoms with E-state index < -0.39 is 17.7 Å². The Morgan fingerprint density at radius 2 is 1.88 bits per heavy atom. The fourth-order valence-electron chi connectivity index (χ4n) is 2.35. The molecule has 0 spiro atoms. The van der Waals surface area contributed by atoms with Crippen LogP contribution in [-0.4, -0.2) is 28.6 Å². The molecule has 1 aromatic rings. The number of hydrazine groups is 1. The van der Waals surface area contributed by atoms with Gasteiger partial charge in [0, 0.05) is 5.69 Å². The van der Waals surface area contributed by atoms with E-state index in [-0.39, 0.29) is 5.92 Å². The van der Waals surface area contributed by atoms with E-state index in [1.54, 1.807) is 23.8 Å². The highest BCUT2D eigenvalue weighted by Gasteiger charge is 2.27. The van der Waals surface area contributed by atoms with Crippen molar-refractivity contribution in [3.63, 3.8) is 0 Å². The molecule has 0 heterocycles. The van der Waals surface area contributed by atoms with E-state index in [4.69, 9.17) is 16.8 Å². The molecule has 2 amide bonds. The molecular formula is C17H29N6O3+. The molecule has 0 aromatic heterocycles. The lowest BCUT2D eigenvalue weighted by Gasteiger charge is -2.17. The van der Waals surface area contributed by atoms with Crippen LogP contribution in [0.2, 0.25) is 0 Å². The minimum atomic E-state index is -0.962. The summed E-state index contributed by atoms with van der Waals surface area (Å²) in [4.78, 5) is 24.0. The van der Waals surface area contributed by atoms with Gasteiger partial charge in [-0.15, -0.1) is 0 Å². The summed E-state index contributed by atoms with van der Waals surface area (Å²) < 4.78 is 0. The summed E-state index contributed by atoms with van der Waals surface area (Å²) in [6, 6.07) is 7.08. The van der Waals surface area contributed by atoms with Crippen molar-refractivity contribution >= 4 is 17.5 Å². The molecule has 0 saturated carbocycles. The summed E-state index contributed by atoms with van der Waals surface area (Å²) >= 11 is 0. The molecule has 0 aliphatic heterocycles. The number of amides is 2. The van der Waals surface area contributed by atoms with E-state index in [0.717, 1.165) is 11.3 Å². The fourth-order valence-corrected chi connectivity index (χ4v) is 2.35. The summed E-state index contributed by atoms with van der Waals surface area (Å²) in [7, 11) is 0. The molecule has 1 unspecified atom stereocenters. The van der Waals surface area contributed by atoms with Crippen molar-refractivity contribution in [2.24, 2.45) is 23.4 Å². The third kappa shape index (κ3) is 7.19. The van der Waals surface area contributed by atoms with Gasteiger partial charge in [-0.1, -0.05) is 26.0 Å². The maximum Gasteiger partial charge on any atom is 0.255 e. The summed E-state index contributed by atoms with van der Waals surface area (Å²) in [5.74, 6) is 3.84. The molecule has 9 heteroatoms. The number of hydrogen-bond donors (Lipinski definition) is 6. The summed E-state index contributed by atoms with van der Waals surface area (Å²) in [6.07, 6.45) is 2.00. The van der Waals surface area contributed by atoms with Gasteiger partial charge in [-0.2, -0.15) is 0 Å².